The number of fused-ring (bicyclic) bond motifs is 1. The highest BCUT2D eigenvalue weighted by atomic mass is 32.1. The lowest BCUT2D eigenvalue weighted by atomic mass is 10.1. The molecule has 3 rings (SSSR count). The van der Waals surface area contributed by atoms with Crippen LogP contribution in [-0.2, 0) is 0 Å². The van der Waals surface area contributed by atoms with Crippen LogP contribution in [0.1, 0.15) is 0 Å². The molecule has 0 bridgehead atoms. The van der Waals surface area contributed by atoms with Crippen molar-refractivity contribution in [3.05, 3.63) is 53.8 Å². The van der Waals surface area contributed by atoms with Crippen LogP contribution in [0.25, 0.3) is 21.3 Å². The molecule has 1 heterocycles. The molecule has 0 fully saturated rings. The molecule has 0 unspecified atom stereocenters. The number of hydrogen-bond donors (Lipinski definition) is 0. The zero-order valence-electron chi connectivity index (χ0n) is 8.35. The Balaban J connectivity index is 2.14. The molecule has 0 saturated heterocycles. The molecule has 0 amide bonds. The maximum Gasteiger partial charge on any atom is 0.123 e. The van der Waals surface area contributed by atoms with Gasteiger partial charge in [0.25, 0.3) is 0 Å². The van der Waals surface area contributed by atoms with Crippen LogP contribution in [0.15, 0.2) is 48.0 Å². The summed E-state index contributed by atoms with van der Waals surface area (Å²) in [6.07, 6.45) is 0. The van der Waals surface area contributed by atoms with Crippen LogP contribution in [0.4, 0.5) is 4.39 Å². The first kappa shape index (κ1) is 9.48. The first-order valence-corrected chi connectivity index (χ1v) is 5.80. The van der Waals surface area contributed by atoms with Crippen molar-refractivity contribution in [2.75, 3.05) is 0 Å². The second-order valence-corrected chi connectivity index (χ2v) is 4.43. The zero-order chi connectivity index (χ0) is 11.0. The number of aromatic nitrogens is 1. The highest BCUT2D eigenvalue weighted by Crippen LogP contribution is 2.26. The van der Waals surface area contributed by atoms with Gasteiger partial charge in [0.05, 0.1) is 15.7 Å². The van der Waals surface area contributed by atoms with E-state index in [0.29, 0.717) is 0 Å². The second kappa shape index (κ2) is 3.68. The quantitative estimate of drug-likeness (QED) is 0.612. The molecule has 3 aromatic rings. The molecule has 0 spiro atoms. The highest BCUT2D eigenvalue weighted by molar-refractivity contribution is 7.16. The Morgan fingerprint density at radius 2 is 1.69 bits per heavy atom. The normalized spacial score (nSPS) is 10.8. The van der Waals surface area contributed by atoms with Crippen LogP contribution >= 0.6 is 11.3 Å². The van der Waals surface area contributed by atoms with Crippen molar-refractivity contribution in [2.24, 2.45) is 0 Å². The summed E-state index contributed by atoms with van der Waals surface area (Å²) in [5.74, 6) is -0.206. The maximum absolute atomic E-state index is 12.8. The summed E-state index contributed by atoms with van der Waals surface area (Å²) in [6, 6.07) is 12.6. The van der Waals surface area contributed by atoms with Gasteiger partial charge < -0.3 is 0 Å². The predicted molar refractivity (Wildman–Crippen MR) is 65.0 cm³/mol. The number of benzene rings is 2. The standard InChI is InChI=1S/C13H8FNS/c14-11-4-1-9(2-5-11)10-3-6-12-13(7-10)16-8-15-12/h1-8H. The van der Waals surface area contributed by atoms with E-state index in [1.807, 2.05) is 17.6 Å². The van der Waals surface area contributed by atoms with Gasteiger partial charge in [-0.25, -0.2) is 9.37 Å². The summed E-state index contributed by atoms with van der Waals surface area (Å²) in [7, 11) is 0. The van der Waals surface area contributed by atoms with Crippen molar-refractivity contribution < 1.29 is 4.39 Å². The van der Waals surface area contributed by atoms with E-state index < -0.39 is 0 Å². The van der Waals surface area contributed by atoms with E-state index >= 15 is 0 Å². The van der Waals surface area contributed by atoms with Crippen LogP contribution in [0, 0.1) is 5.82 Å². The maximum atomic E-state index is 12.8. The lowest BCUT2D eigenvalue weighted by Crippen LogP contribution is -1.78. The summed E-state index contributed by atoms with van der Waals surface area (Å²) in [5, 5.41) is 0. The summed E-state index contributed by atoms with van der Waals surface area (Å²) < 4.78 is 14.0. The minimum absolute atomic E-state index is 0.206. The first-order chi connectivity index (χ1) is 7.83. The molecule has 0 radical (unpaired) electrons. The van der Waals surface area contributed by atoms with Gasteiger partial charge in [0, 0.05) is 0 Å². The lowest BCUT2D eigenvalue weighted by Gasteiger charge is -2.01. The third-order valence-electron chi connectivity index (χ3n) is 2.51. The highest BCUT2D eigenvalue weighted by Gasteiger charge is 2.01. The Kier molecular flexibility index (Phi) is 2.18. The lowest BCUT2D eigenvalue weighted by molar-refractivity contribution is 0.628. The van der Waals surface area contributed by atoms with E-state index in [4.69, 9.17) is 0 Å². The Morgan fingerprint density at radius 3 is 2.50 bits per heavy atom. The molecule has 0 aliphatic carbocycles. The van der Waals surface area contributed by atoms with Crippen LogP contribution in [-0.4, -0.2) is 4.98 Å². The third-order valence-corrected chi connectivity index (χ3v) is 3.30. The molecule has 0 aliphatic heterocycles. The van der Waals surface area contributed by atoms with Crippen molar-refractivity contribution in [1.82, 2.24) is 4.98 Å². The van der Waals surface area contributed by atoms with Crippen LogP contribution in [0.3, 0.4) is 0 Å². The van der Waals surface area contributed by atoms with Crippen molar-refractivity contribution in [3.63, 3.8) is 0 Å². The Labute approximate surface area is 96.2 Å². The Bertz CT molecular complexity index is 628. The van der Waals surface area contributed by atoms with Gasteiger partial charge in [-0.2, -0.15) is 0 Å². The summed E-state index contributed by atoms with van der Waals surface area (Å²) in [4.78, 5) is 4.23. The first-order valence-electron chi connectivity index (χ1n) is 4.92. The van der Waals surface area contributed by atoms with Gasteiger partial charge in [-0.05, 0) is 35.4 Å². The Hall–Kier alpha value is -1.74. The van der Waals surface area contributed by atoms with Crippen molar-refractivity contribution in [3.8, 4) is 11.1 Å². The van der Waals surface area contributed by atoms with Crippen molar-refractivity contribution >= 4 is 21.6 Å². The van der Waals surface area contributed by atoms with E-state index in [0.717, 1.165) is 21.3 Å². The van der Waals surface area contributed by atoms with Gasteiger partial charge in [0.1, 0.15) is 5.82 Å². The number of thiazole rings is 1. The molecule has 0 aliphatic rings. The molecule has 3 heteroatoms. The fourth-order valence-electron chi connectivity index (χ4n) is 1.68. The van der Waals surface area contributed by atoms with E-state index in [1.165, 1.54) is 12.1 Å². The third kappa shape index (κ3) is 1.59. The summed E-state index contributed by atoms with van der Waals surface area (Å²) >= 11 is 1.61. The number of halogens is 1. The summed E-state index contributed by atoms with van der Waals surface area (Å²) in [5.41, 5.74) is 4.96. The van der Waals surface area contributed by atoms with Gasteiger partial charge in [0.15, 0.2) is 0 Å². The largest absolute Gasteiger partial charge is 0.245 e. The average Bonchev–Trinajstić information content (AvgIpc) is 2.77. The Morgan fingerprint density at radius 1 is 0.938 bits per heavy atom. The number of rotatable bonds is 1. The van der Waals surface area contributed by atoms with Gasteiger partial charge in [-0.3, -0.25) is 0 Å². The monoisotopic (exact) mass is 229 g/mol. The van der Waals surface area contributed by atoms with E-state index in [9.17, 15) is 4.39 Å². The molecule has 0 atom stereocenters. The minimum Gasteiger partial charge on any atom is -0.245 e. The SMILES string of the molecule is Fc1ccc(-c2ccc3ncsc3c2)cc1. The topological polar surface area (TPSA) is 12.9 Å². The second-order valence-electron chi connectivity index (χ2n) is 3.54. The van der Waals surface area contributed by atoms with E-state index in [1.54, 1.807) is 23.5 Å². The smallest absolute Gasteiger partial charge is 0.123 e. The van der Waals surface area contributed by atoms with Gasteiger partial charge >= 0.3 is 0 Å². The van der Waals surface area contributed by atoms with Gasteiger partial charge in [-0.1, -0.05) is 18.2 Å². The fraction of sp³-hybridized carbons (Fsp3) is 0. The van der Waals surface area contributed by atoms with Gasteiger partial charge in [-0.15, -0.1) is 11.3 Å². The molecule has 1 aromatic heterocycles. The number of hydrogen-bond acceptors (Lipinski definition) is 2. The average molecular weight is 229 g/mol. The van der Waals surface area contributed by atoms with E-state index in [2.05, 4.69) is 11.1 Å². The molecule has 78 valence electrons. The van der Waals surface area contributed by atoms with Crippen molar-refractivity contribution in [1.29, 1.82) is 0 Å². The van der Waals surface area contributed by atoms with Crippen LogP contribution in [0.2, 0.25) is 0 Å². The number of nitrogens with zero attached hydrogens (tertiary/aromatic N) is 1. The van der Waals surface area contributed by atoms with Crippen molar-refractivity contribution in [2.45, 2.75) is 0 Å². The molecule has 0 N–H and O–H groups in total. The molecular formula is C13H8FNS. The van der Waals surface area contributed by atoms with Crippen LogP contribution < -0.4 is 0 Å². The predicted octanol–water partition coefficient (Wildman–Crippen LogP) is 4.10. The molecule has 2 aromatic carbocycles. The molecule has 16 heavy (non-hydrogen) atoms. The van der Waals surface area contributed by atoms with Gasteiger partial charge in [0.2, 0.25) is 0 Å². The molecule has 1 nitrogen and oxygen atoms in total. The fourth-order valence-corrected chi connectivity index (χ4v) is 2.39. The van der Waals surface area contributed by atoms with E-state index in [-0.39, 0.29) is 5.82 Å². The van der Waals surface area contributed by atoms with Crippen LogP contribution in [0.5, 0.6) is 0 Å². The zero-order valence-corrected chi connectivity index (χ0v) is 9.17. The molecule has 0 saturated carbocycles. The summed E-state index contributed by atoms with van der Waals surface area (Å²) in [6.45, 7) is 0. The minimum atomic E-state index is -0.206. The molecular weight excluding hydrogens is 221 g/mol.